The van der Waals surface area contributed by atoms with Gasteiger partial charge in [-0.05, 0) is 31.5 Å². The zero-order chi connectivity index (χ0) is 15.0. The molecule has 2 heterocycles. The molecule has 1 amide bonds. The predicted octanol–water partition coefficient (Wildman–Crippen LogP) is 4.35. The smallest absolute Gasteiger partial charge is 0.292 e. The van der Waals surface area contributed by atoms with Gasteiger partial charge in [0.1, 0.15) is 5.82 Å². The van der Waals surface area contributed by atoms with E-state index in [4.69, 9.17) is 16.0 Å². The van der Waals surface area contributed by atoms with E-state index in [9.17, 15) is 4.79 Å². The number of nitrogens with zero attached hydrogens (tertiary/aromatic N) is 1. The minimum absolute atomic E-state index is 0.253. The SMILES string of the molecule is Cc1cccnc1NC(=O)c1oc2c(Cl)cccc2c1C. The Bertz CT molecular complexity index is 839. The number of aromatic nitrogens is 1. The molecule has 3 rings (SSSR count). The number of rotatable bonds is 2. The number of carbonyl (C=O) groups excluding carboxylic acids is 1. The number of anilines is 1. The Morgan fingerprint density at radius 1 is 1.24 bits per heavy atom. The van der Waals surface area contributed by atoms with Crippen LogP contribution in [0, 0.1) is 13.8 Å². The van der Waals surface area contributed by atoms with E-state index in [-0.39, 0.29) is 11.7 Å². The molecule has 0 unspecified atom stereocenters. The Balaban J connectivity index is 2.01. The highest BCUT2D eigenvalue weighted by atomic mass is 35.5. The molecule has 4 nitrogen and oxygen atoms in total. The van der Waals surface area contributed by atoms with Crippen LogP contribution in [0.25, 0.3) is 11.0 Å². The summed E-state index contributed by atoms with van der Waals surface area (Å²) < 4.78 is 5.63. The second-order valence-electron chi connectivity index (χ2n) is 4.80. The molecule has 0 aliphatic heterocycles. The molecule has 106 valence electrons. The summed E-state index contributed by atoms with van der Waals surface area (Å²) >= 11 is 6.09. The first kappa shape index (κ1) is 13.6. The van der Waals surface area contributed by atoms with Crippen molar-refractivity contribution in [3.63, 3.8) is 0 Å². The van der Waals surface area contributed by atoms with Crippen molar-refractivity contribution in [3.8, 4) is 0 Å². The van der Waals surface area contributed by atoms with E-state index in [1.165, 1.54) is 0 Å². The summed E-state index contributed by atoms with van der Waals surface area (Å²) in [7, 11) is 0. The predicted molar refractivity (Wildman–Crippen MR) is 82.9 cm³/mol. The summed E-state index contributed by atoms with van der Waals surface area (Å²) in [5.74, 6) is 0.443. The fourth-order valence-corrected chi connectivity index (χ4v) is 2.42. The number of hydrogen-bond donors (Lipinski definition) is 1. The molecule has 0 saturated carbocycles. The quantitative estimate of drug-likeness (QED) is 0.765. The first-order valence-electron chi connectivity index (χ1n) is 6.48. The molecule has 0 aliphatic rings. The van der Waals surface area contributed by atoms with Gasteiger partial charge >= 0.3 is 0 Å². The van der Waals surface area contributed by atoms with Crippen LogP contribution in [-0.2, 0) is 0 Å². The Kier molecular flexibility index (Phi) is 3.39. The number of aryl methyl sites for hydroxylation is 2. The highest BCUT2D eigenvalue weighted by Crippen LogP contribution is 2.31. The average molecular weight is 301 g/mol. The maximum atomic E-state index is 12.4. The fourth-order valence-electron chi connectivity index (χ4n) is 2.21. The zero-order valence-electron chi connectivity index (χ0n) is 11.6. The molecule has 0 saturated heterocycles. The van der Waals surface area contributed by atoms with E-state index in [0.29, 0.717) is 16.4 Å². The number of para-hydroxylation sites is 1. The van der Waals surface area contributed by atoms with Crippen molar-refractivity contribution in [2.24, 2.45) is 0 Å². The van der Waals surface area contributed by atoms with Crippen LogP contribution in [0.4, 0.5) is 5.82 Å². The number of benzene rings is 1. The first-order chi connectivity index (χ1) is 10.1. The normalized spacial score (nSPS) is 10.8. The largest absolute Gasteiger partial charge is 0.449 e. The van der Waals surface area contributed by atoms with Crippen molar-refractivity contribution in [3.05, 3.63) is 58.4 Å². The number of fused-ring (bicyclic) bond motifs is 1. The molecule has 0 bridgehead atoms. The monoisotopic (exact) mass is 300 g/mol. The van der Waals surface area contributed by atoms with Gasteiger partial charge in [-0.1, -0.05) is 29.8 Å². The van der Waals surface area contributed by atoms with Crippen molar-refractivity contribution in [1.82, 2.24) is 4.98 Å². The van der Waals surface area contributed by atoms with E-state index >= 15 is 0 Å². The lowest BCUT2D eigenvalue weighted by Gasteiger charge is -2.05. The molecule has 2 aromatic heterocycles. The molecule has 1 aromatic carbocycles. The van der Waals surface area contributed by atoms with Crippen molar-refractivity contribution >= 4 is 34.3 Å². The zero-order valence-corrected chi connectivity index (χ0v) is 12.4. The number of amides is 1. The molecule has 0 atom stereocenters. The number of hydrogen-bond acceptors (Lipinski definition) is 3. The second kappa shape index (κ2) is 5.22. The highest BCUT2D eigenvalue weighted by Gasteiger charge is 2.19. The number of pyridine rings is 1. The number of halogens is 1. The molecular weight excluding hydrogens is 288 g/mol. The number of furan rings is 1. The first-order valence-corrected chi connectivity index (χ1v) is 6.86. The van der Waals surface area contributed by atoms with Gasteiger partial charge in [0.2, 0.25) is 0 Å². The van der Waals surface area contributed by atoms with Gasteiger partial charge in [0, 0.05) is 17.1 Å². The summed E-state index contributed by atoms with van der Waals surface area (Å²) in [6.45, 7) is 3.72. The highest BCUT2D eigenvalue weighted by molar-refractivity contribution is 6.35. The minimum atomic E-state index is -0.332. The van der Waals surface area contributed by atoms with Crippen molar-refractivity contribution < 1.29 is 9.21 Å². The molecule has 0 radical (unpaired) electrons. The lowest BCUT2D eigenvalue weighted by Crippen LogP contribution is -2.14. The molecule has 21 heavy (non-hydrogen) atoms. The van der Waals surface area contributed by atoms with Crippen LogP contribution in [0.2, 0.25) is 5.02 Å². The lowest BCUT2D eigenvalue weighted by atomic mass is 10.1. The van der Waals surface area contributed by atoms with E-state index in [0.717, 1.165) is 16.5 Å². The summed E-state index contributed by atoms with van der Waals surface area (Å²) in [4.78, 5) is 16.5. The Morgan fingerprint density at radius 2 is 2.05 bits per heavy atom. The van der Waals surface area contributed by atoms with Gasteiger partial charge in [-0.15, -0.1) is 0 Å². The second-order valence-corrected chi connectivity index (χ2v) is 5.20. The number of carbonyl (C=O) groups is 1. The van der Waals surface area contributed by atoms with Crippen molar-refractivity contribution in [2.75, 3.05) is 5.32 Å². The average Bonchev–Trinajstić information content (AvgIpc) is 2.81. The van der Waals surface area contributed by atoms with Gasteiger partial charge in [0.25, 0.3) is 5.91 Å². The van der Waals surface area contributed by atoms with Gasteiger partial charge in [0.15, 0.2) is 11.3 Å². The summed E-state index contributed by atoms with van der Waals surface area (Å²) in [6, 6.07) is 9.14. The molecule has 0 aliphatic carbocycles. The summed E-state index contributed by atoms with van der Waals surface area (Å²) in [6.07, 6.45) is 1.63. The van der Waals surface area contributed by atoms with Crippen LogP contribution in [-0.4, -0.2) is 10.9 Å². The topological polar surface area (TPSA) is 55.1 Å². The van der Waals surface area contributed by atoms with Crippen LogP contribution < -0.4 is 5.32 Å². The van der Waals surface area contributed by atoms with E-state index in [1.807, 2.05) is 38.1 Å². The van der Waals surface area contributed by atoms with Crippen LogP contribution in [0.3, 0.4) is 0 Å². The lowest BCUT2D eigenvalue weighted by molar-refractivity contribution is 0.0997. The van der Waals surface area contributed by atoms with Crippen LogP contribution in [0.1, 0.15) is 21.7 Å². The van der Waals surface area contributed by atoms with Crippen LogP contribution in [0.5, 0.6) is 0 Å². The van der Waals surface area contributed by atoms with Crippen molar-refractivity contribution in [2.45, 2.75) is 13.8 Å². The Labute approximate surface area is 126 Å². The van der Waals surface area contributed by atoms with Crippen LogP contribution in [0.15, 0.2) is 40.9 Å². The Morgan fingerprint density at radius 3 is 2.76 bits per heavy atom. The molecule has 5 heteroatoms. The van der Waals surface area contributed by atoms with E-state index in [1.54, 1.807) is 12.3 Å². The third-order valence-electron chi connectivity index (χ3n) is 3.36. The molecular formula is C16H13ClN2O2. The van der Waals surface area contributed by atoms with Gasteiger partial charge < -0.3 is 9.73 Å². The standard InChI is InChI=1S/C16H13ClN2O2/c1-9-5-4-8-18-15(9)19-16(20)13-10(2)11-6-3-7-12(17)14(11)21-13/h3-8H,1-2H3,(H,18,19,20). The van der Waals surface area contributed by atoms with E-state index in [2.05, 4.69) is 10.3 Å². The maximum Gasteiger partial charge on any atom is 0.292 e. The van der Waals surface area contributed by atoms with E-state index < -0.39 is 0 Å². The molecule has 3 aromatic rings. The molecule has 0 fully saturated rings. The summed E-state index contributed by atoms with van der Waals surface area (Å²) in [5.41, 5.74) is 2.18. The van der Waals surface area contributed by atoms with Gasteiger partial charge in [-0.25, -0.2) is 4.98 Å². The fraction of sp³-hybridized carbons (Fsp3) is 0.125. The van der Waals surface area contributed by atoms with Crippen LogP contribution >= 0.6 is 11.6 Å². The molecule has 0 spiro atoms. The number of nitrogens with one attached hydrogen (secondary N) is 1. The van der Waals surface area contributed by atoms with Crippen molar-refractivity contribution in [1.29, 1.82) is 0 Å². The molecule has 1 N–H and O–H groups in total. The summed E-state index contributed by atoms with van der Waals surface area (Å²) in [5, 5.41) is 4.09. The minimum Gasteiger partial charge on any atom is -0.449 e. The van der Waals surface area contributed by atoms with Gasteiger partial charge in [-0.3, -0.25) is 4.79 Å². The maximum absolute atomic E-state index is 12.4. The van der Waals surface area contributed by atoms with Gasteiger partial charge in [-0.2, -0.15) is 0 Å². The third-order valence-corrected chi connectivity index (χ3v) is 3.66. The Hall–Kier alpha value is -2.33. The van der Waals surface area contributed by atoms with Gasteiger partial charge in [0.05, 0.1) is 5.02 Å². The third kappa shape index (κ3) is 2.38.